The maximum atomic E-state index is 5.78. The molecule has 24 heavy (non-hydrogen) atoms. The Morgan fingerprint density at radius 2 is 1.62 bits per heavy atom. The second kappa shape index (κ2) is 5.74. The van der Waals surface area contributed by atoms with E-state index in [2.05, 4.69) is 9.97 Å². The molecule has 0 saturated carbocycles. The van der Waals surface area contributed by atoms with E-state index in [0.717, 1.165) is 39.1 Å². The zero-order valence-corrected chi connectivity index (χ0v) is 13.3. The van der Waals surface area contributed by atoms with Crippen molar-refractivity contribution in [1.29, 1.82) is 0 Å². The lowest BCUT2D eigenvalue weighted by Gasteiger charge is -2.08. The molecule has 2 aromatic heterocycles. The monoisotopic (exact) mass is 312 g/mol. The van der Waals surface area contributed by atoms with E-state index in [9.17, 15) is 0 Å². The number of para-hydroxylation sites is 1. The fraction of sp³-hybridized carbons (Fsp3) is 0.0500. The van der Waals surface area contributed by atoms with Crippen molar-refractivity contribution in [2.75, 3.05) is 5.73 Å². The minimum Gasteiger partial charge on any atom is -0.399 e. The van der Waals surface area contributed by atoms with Gasteiger partial charge in [-0.05, 0) is 36.8 Å². The first-order valence-corrected chi connectivity index (χ1v) is 7.76. The standard InChI is InChI=1S/C20H16N4/c1-13-6-11-18(23-19(13)14-7-9-16(21)10-8-14)20-22-12-15-4-2-3-5-17(15)24-20/h2-12H,21H2,1H3. The number of pyridine rings is 1. The van der Waals surface area contributed by atoms with Gasteiger partial charge in [-0.1, -0.05) is 36.4 Å². The molecule has 2 aromatic carbocycles. The number of benzene rings is 2. The maximum absolute atomic E-state index is 5.78. The van der Waals surface area contributed by atoms with Crippen molar-refractivity contribution >= 4 is 16.6 Å². The van der Waals surface area contributed by atoms with Crippen LogP contribution in [0.5, 0.6) is 0 Å². The summed E-state index contributed by atoms with van der Waals surface area (Å²) in [6, 6.07) is 19.7. The van der Waals surface area contributed by atoms with E-state index in [-0.39, 0.29) is 0 Å². The fourth-order valence-electron chi connectivity index (χ4n) is 2.68. The third kappa shape index (κ3) is 2.58. The Hall–Kier alpha value is -3.27. The van der Waals surface area contributed by atoms with Crippen LogP contribution in [0, 0.1) is 6.92 Å². The Morgan fingerprint density at radius 3 is 2.46 bits per heavy atom. The molecule has 0 fully saturated rings. The van der Waals surface area contributed by atoms with Crippen LogP contribution >= 0.6 is 0 Å². The number of aromatic nitrogens is 3. The summed E-state index contributed by atoms with van der Waals surface area (Å²) in [6.07, 6.45) is 1.84. The molecule has 0 atom stereocenters. The molecule has 4 nitrogen and oxygen atoms in total. The highest BCUT2D eigenvalue weighted by Gasteiger charge is 2.09. The Bertz CT molecular complexity index is 1020. The first kappa shape index (κ1) is 14.3. The normalized spacial score (nSPS) is 10.9. The van der Waals surface area contributed by atoms with E-state index in [1.54, 1.807) is 0 Å². The molecule has 0 spiro atoms. The van der Waals surface area contributed by atoms with E-state index in [1.807, 2.05) is 73.8 Å². The molecule has 0 aliphatic carbocycles. The predicted molar refractivity (Wildman–Crippen MR) is 97.4 cm³/mol. The highest BCUT2D eigenvalue weighted by atomic mass is 14.9. The number of rotatable bonds is 2. The van der Waals surface area contributed by atoms with Crippen LogP contribution in [0.2, 0.25) is 0 Å². The molecule has 0 saturated heterocycles. The zero-order chi connectivity index (χ0) is 16.5. The molecule has 4 heteroatoms. The second-order valence-electron chi connectivity index (χ2n) is 5.74. The largest absolute Gasteiger partial charge is 0.399 e. The molecule has 0 aliphatic rings. The van der Waals surface area contributed by atoms with Crippen LogP contribution in [0.15, 0.2) is 66.9 Å². The molecule has 0 unspecified atom stereocenters. The summed E-state index contributed by atoms with van der Waals surface area (Å²) >= 11 is 0. The van der Waals surface area contributed by atoms with Crippen molar-refractivity contribution in [3.63, 3.8) is 0 Å². The molecule has 0 aliphatic heterocycles. The SMILES string of the molecule is Cc1ccc(-c2ncc3ccccc3n2)nc1-c1ccc(N)cc1. The van der Waals surface area contributed by atoms with Gasteiger partial charge in [-0.25, -0.2) is 15.0 Å². The Balaban J connectivity index is 1.83. The molecule has 0 amide bonds. The van der Waals surface area contributed by atoms with Gasteiger partial charge in [0.25, 0.3) is 0 Å². The van der Waals surface area contributed by atoms with E-state index >= 15 is 0 Å². The summed E-state index contributed by atoms with van der Waals surface area (Å²) < 4.78 is 0. The van der Waals surface area contributed by atoms with Crippen molar-refractivity contribution in [3.05, 3.63) is 72.4 Å². The van der Waals surface area contributed by atoms with Crippen LogP contribution in [0.25, 0.3) is 33.7 Å². The number of nitrogens with zero attached hydrogens (tertiary/aromatic N) is 3. The highest BCUT2D eigenvalue weighted by Crippen LogP contribution is 2.25. The zero-order valence-electron chi connectivity index (χ0n) is 13.3. The first-order valence-electron chi connectivity index (χ1n) is 7.76. The molecule has 4 aromatic rings. The van der Waals surface area contributed by atoms with E-state index in [4.69, 9.17) is 10.7 Å². The van der Waals surface area contributed by atoms with Crippen molar-refractivity contribution in [2.24, 2.45) is 0 Å². The summed E-state index contributed by atoms with van der Waals surface area (Å²) in [6.45, 7) is 2.05. The fourth-order valence-corrected chi connectivity index (χ4v) is 2.68. The minimum absolute atomic E-state index is 0.630. The van der Waals surface area contributed by atoms with Crippen LogP contribution in [0.4, 0.5) is 5.69 Å². The number of nitrogens with two attached hydrogens (primary N) is 1. The third-order valence-corrected chi connectivity index (χ3v) is 4.00. The summed E-state index contributed by atoms with van der Waals surface area (Å²) in [5, 5.41) is 1.02. The Labute approximate surface area is 140 Å². The maximum Gasteiger partial charge on any atom is 0.178 e. The van der Waals surface area contributed by atoms with Gasteiger partial charge in [0.1, 0.15) is 5.69 Å². The molecule has 116 valence electrons. The van der Waals surface area contributed by atoms with Crippen molar-refractivity contribution in [2.45, 2.75) is 6.92 Å². The first-order chi connectivity index (χ1) is 11.7. The minimum atomic E-state index is 0.630. The third-order valence-electron chi connectivity index (χ3n) is 4.00. The number of hydrogen-bond donors (Lipinski definition) is 1. The summed E-state index contributed by atoms with van der Waals surface area (Å²) in [7, 11) is 0. The van der Waals surface area contributed by atoms with Gasteiger partial charge in [-0.15, -0.1) is 0 Å². The number of hydrogen-bond acceptors (Lipinski definition) is 4. The number of fused-ring (bicyclic) bond motifs is 1. The van der Waals surface area contributed by atoms with Crippen LogP contribution < -0.4 is 5.73 Å². The van der Waals surface area contributed by atoms with Crippen LogP contribution in [-0.2, 0) is 0 Å². The molecule has 4 rings (SSSR count). The molecule has 0 bridgehead atoms. The second-order valence-corrected chi connectivity index (χ2v) is 5.74. The van der Waals surface area contributed by atoms with Gasteiger partial charge in [-0.3, -0.25) is 0 Å². The summed E-state index contributed by atoms with van der Waals surface area (Å²) in [5.41, 5.74) is 11.2. The molecule has 2 N–H and O–H groups in total. The number of anilines is 1. The Morgan fingerprint density at radius 1 is 0.833 bits per heavy atom. The quantitative estimate of drug-likeness (QED) is 0.562. The average molecular weight is 312 g/mol. The van der Waals surface area contributed by atoms with E-state index in [0.29, 0.717) is 5.82 Å². The lowest BCUT2D eigenvalue weighted by Crippen LogP contribution is -1.96. The molecule has 2 heterocycles. The van der Waals surface area contributed by atoms with Crippen molar-refractivity contribution in [3.8, 4) is 22.8 Å². The highest BCUT2D eigenvalue weighted by molar-refractivity contribution is 5.79. The van der Waals surface area contributed by atoms with E-state index in [1.165, 1.54) is 0 Å². The lowest BCUT2D eigenvalue weighted by molar-refractivity contribution is 1.17. The van der Waals surface area contributed by atoms with E-state index < -0.39 is 0 Å². The van der Waals surface area contributed by atoms with Gasteiger partial charge >= 0.3 is 0 Å². The predicted octanol–water partition coefficient (Wildman–Crippen LogP) is 4.25. The topological polar surface area (TPSA) is 64.7 Å². The molecular weight excluding hydrogens is 296 g/mol. The molecule has 0 radical (unpaired) electrons. The average Bonchev–Trinajstić information content (AvgIpc) is 2.62. The van der Waals surface area contributed by atoms with Crippen molar-refractivity contribution < 1.29 is 0 Å². The van der Waals surface area contributed by atoms with Crippen LogP contribution in [-0.4, -0.2) is 15.0 Å². The van der Waals surface area contributed by atoms with Gasteiger partial charge in [0.05, 0.1) is 11.2 Å². The van der Waals surface area contributed by atoms with Gasteiger partial charge in [0.2, 0.25) is 0 Å². The number of aryl methyl sites for hydroxylation is 1. The number of nitrogen functional groups attached to an aromatic ring is 1. The van der Waals surface area contributed by atoms with Gasteiger partial charge < -0.3 is 5.73 Å². The smallest absolute Gasteiger partial charge is 0.178 e. The van der Waals surface area contributed by atoms with Gasteiger partial charge in [-0.2, -0.15) is 0 Å². The van der Waals surface area contributed by atoms with Crippen LogP contribution in [0.3, 0.4) is 0 Å². The summed E-state index contributed by atoms with van der Waals surface area (Å²) in [5.74, 6) is 0.630. The molecular formula is C20H16N4. The van der Waals surface area contributed by atoms with Crippen molar-refractivity contribution in [1.82, 2.24) is 15.0 Å². The van der Waals surface area contributed by atoms with Gasteiger partial charge in [0, 0.05) is 22.8 Å². The van der Waals surface area contributed by atoms with Crippen LogP contribution in [0.1, 0.15) is 5.56 Å². The lowest BCUT2D eigenvalue weighted by atomic mass is 10.1. The summed E-state index contributed by atoms with van der Waals surface area (Å²) in [4.78, 5) is 13.9. The van der Waals surface area contributed by atoms with Gasteiger partial charge in [0.15, 0.2) is 5.82 Å². The Kier molecular flexibility index (Phi) is 3.43.